The highest BCUT2D eigenvalue weighted by molar-refractivity contribution is 6.00. The van der Waals surface area contributed by atoms with Gasteiger partial charge in [-0.15, -0.1) is 10.2 Å². The van der Waals surface area contributed by atoms with Gasteiger partial charge in [-0.05, 0) is 67.9 Å². The fourth-order valence-corrected chi connectivity index (χ4v) is 2.96. The summed E-state index contributed by atoms with van der Waals surface area (Å²) in [5.41, 5.74) is 3.59. The number of carbonyl (C=O) groups excluding carboxylic acids is 1. The summed E-state index contributed by atoms with van der Waals surface area (Å²) in [6.07, 6.45) is 3.79. The number of aromatic nitrogens is 3. The molecule has 0 unspecified atom stereocenters. The molecular weight excluding hydrogens is 378 g/mol. The second kappa shape index (κ2) is 8.48. The molecule has 0 fully saturated rings. The van der Waals surface area contributed by atoms with E-state index >= 15 is 0 Å². The maximum absolute atomic E-state index is 12.3. The van der Waals surface area contributed by atoms with Crippen LogP contribution in [0.15, 0.2) is 79.1 Å². The third-order valence-electron chi connectivity index (χ3n) is 4.46. The first-order valence-electron chi connectivity index (χ1n) is 9.47. The van der Waals surface area contributed by atoms with Gasteiger partial charge in [0.25, 0.3) is 0 Å². The molecule has 0 saturated heterocycles. The van der Waals surface area contributed by atoms with Gasteiger partial charge >= 0.3 is 6.03 Å². The zero-order valence-corrected chi connectivity index (χ0v) is 16.7. The molecule has 7 nitrogen and oxygen atoms in total. The minimum atomic E-state index is -0.304. The van der Waals surface area contributed by atoms with Crippen molar-refractivity contribution >= 4 is 17.4 Å². The zero-order valence-electron chi connectivity index (χ0n) is 16.7. The van der Waals surface area contributed by atoms with Crippen LogP contribution in [0.3, 0.4) is 0 Å². The molecule has 0 bridgehead atoms. The number of amides is 2. The number of aryl methyl sites for hydroxylation is 2. The second-order valence-electron chi connectivity index (χ2n) is 6.84. The molecule has 7 heteroatoms. The number of rotatable bonds is 5. The number of hydrogen-bond acceptors (Lipinski definition) is 4. The standard InChI is InChI=1S/C23H21N5O2/c1-16-5-10-20(17(2)15-16)25-23(29)24-18-6-8-19(9-7-18)30-22-12-11-21(26-27-22)28-13-3-4-14-28/h3-15H,1-2H3,(H2,24,25,29). The van der Waals surface area contributed by atoms with Gasteiger partial charge in [0.1, 0.15) is 5.75 Å². The van der Waals surface area contributed by atoms with E-state index in [0.29, 0.717) is 23.1 Å². The molecule has 0 aliphatic rings. The molecule has 2 N–H and O–H groups in total. The van der Waals surface area contributed by atoms with E-state index in [4.69, 9.17) is 4.74 Å². The van der Waals surface area contributed by atoms with Crippen LogP contribution in [0.1, 0.15) is 11.1 Å². The van der Waals surface area contributed by atoms with E-state index < -0.39 is 0 Å². The van der Waals surface area contributed by atoms with Gasteiger partial charge in [-0.1, -0.05) is 17.7 Å². The predicted octanol–water partition coefficient (Wildman–Crippen LogP) is 5.32. The van der Waals surface area contributed by atoms with Crippen LogP contribution in [-0.4, -0.2) is 20.8 Å². The van der Waals surface area contributed by atoms with Crippen LogP contribution in [0.25, 0.3) is 5.82 Å². The Bertz CT molecular complexity index is 1140. The number of urea groups is 1. The van der Waals surface area contributed by atoms with E-state index in [1.54, 1.807) is 30.3 Å². The number of anilines is 2. The second-order valence-corrected chi connectivity index (χ2v) is 6.84. The van der Waals surface area contributed by atoms with Crippen molar-refractivity contribution < 1.29 is 9.53 Å². The van der Waals surface area contributed by atoms with Crippen molar-refractivity contribution in [3.63, 3.8) is 0 Å². The summed E-state index contributed by atoms with van der Waals surface area (Å²) in [4.78, 5) is 12.3. The summed E-state index contributed by atoms with van der Waals surface area (Å²) >= 11 is 0. The highest BCUT2D eigenvalue weighted by atomic mass is 16.5. The van der Waals surface area contributed by atoms with E-state index in [-0.39, 0.29) is 6.03 Å². The van der Waals surface area contributed by atoms with Crippen LogP contribution in [0, 0.1) is 13.8 Å². The maximum Gasteiger partial charge on any atom is 0.323 e. The maximum atomic E-state index is 12.3. The molecule has 30 heavy (non-hydrogen) atoms. The highest BCUT2D eigenvalue weighted by Gasteiger charge is 2.06. The third-order valence-corrected chi connectivity index (χ3v) is 4.46. The van der Waals surface area contributed by atoms with Gasteiger partial charge < -0.3 is 19.9 Å². The molecule has 4 rings (SSSR count). The summed E-state index contributed by atoms with van der Waals surface area (Å²) in [5, 5.41) is 13.9. The van der Waals surface area contributed by atoms with Gasteiger partial charge in [0.15, 0.2) is 5.82 Å². The summed E-state index contributed by atoms with van der Waals surface area (Å²) in [7, 11) is 0. The van der Waals surface area contributed by atoms with E-state index in [1.165, 1.54) is 0 Å². The Morgan fingerprint density at radius 2 is 1.67 bits per heavy atom. The molecule has 2 aromatic carbocycles. The van der Waals surface area contributed by atoms with Crippen LogP contribution < -0.4 is 15.4 Å². The quantitative estimate of drug-likeness (QED) is 0.476. The molecule has 2 amide bonds. The minimum Gasteiger partial charge on any atom is -0.438 e. The molecule has 0 aliphatic carbocycles. The number of carbonyl (C=O) groups is 1. The van der Waals surface area contributed by atoms with Crippen molar-refractivity contribution in [2.24, 2.45) is 0 Å². The molecule has 0 atom stereocenters. The average Bonchev–Trinajstić information content (AvgIpc) is 3.27. The largest absolute Gasteiger partial charge is 0.438 e. The molecule has 0 radical (unpaired) electrons. The minimum absolute atomic E-state index is 0.304. The molecular formula is C23H21N5O2. The molecule has 2 aromatic heterocycles. The lowest BCUT2D eigenvalue weighted by Gasteiger charge is -2.11. The lowest BCUT2D eigenvalue weighted by molar-refractivity contribution is 0.262. The Morgan fingerprint density at radius 1 is 0.900 bits per heavy atom. The Morgan fingerprint density at radius 3 is 2.33 bits per heavy atom. The van der Waals surface area contributed by atoms with Crippen LogP contribution in [0.4, 0.5) is 16.2 Å². The van der Waals surface area contributed by atoms with Gasteiger partial charge in [-0.3, -0.25) is 0 Å². The van der Waals surface area contributed by atoms with Crippen LogP contribution >= 0.6 is 0 Å². The Kier molecular flexibility index (Phi) is 5.43. The van der Waals surface area contributed by atoms with Crippen molar-refractivity contribution in [2.75, 3.05) is 10.6 Å². The molecule has 0 saturated carbocycles. The van der Waals surface area contributed by atoms with Gasteiger partial charge in [0, 0.05) is 29.8 Å². The van der Waals surface area contributed by atoms with E-state index in [1.807, 2.05) is 67.2 Å². The fraction of sp³-hybridized carbons (Fsp3) is 0.0870. The fourth-order valence-electron chi connectivity index (χ4n) is 2.96. The molecule has 150 valence electrons. The van der Waals surface area contributed by atoms with E-state index in [2.05, 4.69) is 20.8 Å². The average molecular weight is 399 g/mol. The summed E-state index contributed by atoms with van der Waals surface area (Å²) < 4.78 is 7.58. The first-order chi connectivity index (χ1) is 14.6. The number of hydrogen-bond donors (Lipinski definition) is 2. The number of ether oxygens (including phenoxy) is 1. The third kappa shape index (κ3) is 4.64. The summed E-state index contributed by atoms with van der Waals surface area (Å²) in [5.74, 6) is 1.69. The molecule has 4 aromatic rings. The summed E-state index contributed by atoms with van der Waals surface area (Å²) in [6.45, 7) is 3.98. The van der Waals surface area contributed by atoms with Crippen LogP contribution in [-0.2, 0) is 0 Å². The van der Waals surface area contributed by atoms with Gasteiger partial charge in [-0.25, -0.2) is 4.79 Å². The Labute approximate surface area is 174 Å². The number of nitrogens with zero attached hydrogens (tertiary/aromatic N) is 3. The lowest BCUT2D eigenvalue weighted by Crippen LogP contribution is -2.19. The first kappa shape index (κ1) is 19.2. The zero-order chi connectivity index (χ0) is 20.9. The number of nitrogens with one attached hydrogen (secondary N) is 2. The van der Waals surface area contributed by atoms with Crippen molar-refractivity contribution in [2.45, 2.75) is 13.8 Å². The summed E-state index contributed by atoms with van der Waals surface area (Å²) in [6, 6.07) is 20.0. The lowest BCUT2D eigenvalue weighted by atomic mass is 10.1. The SMILES string of the molecule is Cc1ccc(NC(=O)Nc2ccc(Oc3ccc(-n4cccc4)nn3)cc2)c(C)c1. The molecule has 0 aliphatic heterocycles. The van der Waals surface area contributed by atoms with Crippen LogP contribution in [0.5, 0.6) is 11.6 Å². The highest BCUT2D eigenvalue weighted by Crippen LogP contribution is 2.22. The Balaban J connectivity index is 1.35. The monoisotopic (exact) mass is 399 g/mol. The smallest absolute Gasteiger partial charge is 0.323 e. The van der Waals surface area contributed by atoms with Gasteiger partial charge in [0.05, 0.1) is 0 Å². The normalized spacial score (nSPS) is 10.5. The van der Waals surface area contributed by atoms with Crippen molar-refractivity contribution in [3.8, 4) is 17.4 Å². The van der Waals surface area contributed by atoms with Crippen molar-refractivity contribution in [1.82, 2.24) is 14.8 Å². The van der Waals surface area contributed by atoms with Gasteiger partial charge in [0.2, 0.25) is 5.88 Å². The number of benzene rings is 2. The first-order valence-corrected chi connectivity index (χ1v) is 9.47. The molecule has 2 heterocycles. The van der Waals surface area contributed by atoms with Crippen LogP contribution in [0.2, 0.25) is 0 Å². The van der Waals surface area contributed by atoms with Crippen molar-refractivity contribution in [3.05, 3.63) is 90.3 Å². The molecule has 0 spiro atoms. The predicted molar refractivity (Wildman–Crippen MR) is 116 cm³/mol. The van der Waals surface area contributed by atoms with Crippen molar-refractivity contribution in [1.29, 1.82) is 0 Å². The van der Waals surface area contributed by atoms with E-state index in [0.717, 1.165) is 16.8 Å². The van der Waals surface area contributed by atoms with Gasteiger partial charge in [-0.2, -0.15) is 0 Å². The van der Waals surface area contributed by atoms with E-state index in [9.17, 15) is 4.79 Å². The Hall–Kier alpha value is -4.13. The topological polar surface area (TPSA) is 81.1 Å².